The van der Waals surface area contributed by atoms with E-state index in [1.807, 2.05) is 30.3 Å². The van der Waals surface area contributed by atoms with Crippen LogP contribution in [0.5, 0.6) is 0 Å². The van der Waals surface area contributed by atoms with E-state index in [9.17, 15) is 13.2 Å². The van der Waals surface area contributed by atoms with Gasteiger partial charge in [0.05, 0.1) is 24.0 Å². The molecule has 1 aromatic rings. The third kappa shape index (κ3) is 5.47. The second-order valence-corrected chi connectivity index (χ2v) is 7.51. The quantitative estimate of drug-likeness (QED) is 0.767. The van der Waals surface area contributed by atoms with Gasteiger partial charge in [-0.25, -0.2) is 8.42 Å². The van der Waals surface area contributed by atoms with Crippen LogP contribution in [0.1, 0.15) is 18.4 Å². The molecule has 0 aliphatic carbocycles. The van der Waals surface area contributed by atoms with Crippen LogP contribution < -0.4 is 5.32 Å². The van der Waals surface area contributed by atoms with Crippen molar-refractivity contribution in [2.75, 3.05) is 24.7 Å². The lowest BCUT2D eigenvalue weighted by molar-refractivity contribution is -0.124. The van der Waals surface area contributed by atoms with Gasteiger partial charge < -0.3 is 10.1 Å². The summed E-state index contributed by atoms with van der Waals surface area (Å²) >= 11 is 0. The normalized spacial score (nSPS) is 20.3. The van der Waals surface area contributed by atoms with Gasteiger partial charge in [-0.2, -0.15) is 0 Å². The van der Waals surface area contributed by atoms with Crippen molar-refractivity contribution in [1.82, 2.24) is 5.32 Å². The molecule has 1 fully saturated rings. The lowest BCUT2D eigenvalue weighted by Gasteiger charge is -2.09. The molecular formula is C15H21NO4S. The highest BCUT2D eigenvalue weighted by atomic mass is 32.2. The topological polar surface area (TPSA) is 72.5 Å². The van der Waals surface area contributed by atoms with E-state index in [2.05, 4.69) is 5.32 Å². The summed E-state index contributed by atoms with van der Waals surface area (Å²) in [5.74, 6) is -0.409. The molecule has 2 rings (SSSR count). The zero-order valence-electron chi connectivity index (χ0n) is 12.0. The van der Waals surface area contributed by atoms with E-state index >= 15 is 0 Å². The molecule has 0 spiro atoms. The van der Waals surface area contributed by atoms with E-state index in [1.165, 1.54) is 0 Å². The smallest absolute Gasteiger partial charge is 0.224 e. The maximum atomic E-state index is 11.8. The maximum Gasteiger partial charge on any atom is 0.224 e. The minimum atomic E-state index is -3.00. The summed E-state index contributed by atoms with van der Waals surface area (Å²) in [7, 11) is -3.00. The Morgan fingerprint density at radius 3 is 2.71 bits per heavy atom. The fourth-order valence-corrected chi connectivity index (χ4v) is 4.04. The van der Waals surface area contributed by atoms with Crippen molar-refractivity contribution in [3.05, 3.63) is 35.9 Å². The molecule has 21 heavy (non-hydrogen) atoms. The molecule has 0 saturated carbocycles. The zero-order chi connectivity index (χ0) is 15.1. The minimum Gasteiger partial charge on any atom is -0.377 e. The molecule has 1 aliphatic heterocycles. The van der Waals surface area contributed by atoms with Gasteiger partial charge >= 0.3 is 0 Å². The summed E-state index contributed by atoms with van der Waals surface area (Å²) in [6.45, 7) is 1.65. The van der Waals surface area contributed by atoms with Crippen molar-refractivity contribution in [3.8, 4) is 0 Å². The van der Waals surface area contributed by atoms with Crippen LogP contribution in [0.3, 0.4) is 0 Å². The van der Waals surface area contributed by atoms with E-state index in [4.69, 9.17) is 4.74 Å². The Kier molecular flexibility index (Phi) is 5.76. The standard InChI is InChI=1S/C15H21NO4S/c17-15(14-7-10-21(18,19)12-14)16-8-4-9-20-11-13-5-2-1-3-6-13/h1-3,5-6,14H,4,7-12H2,(H,16,17)/t14-/m1/s1. The van der Waals surface area contributed by atoms with Crippen molar-refractivity contribution in [1.29, 1.82) is 0 Å². The lowest BCUT2D eigenvalue weighted by atomic mass is 10.1. The van der Waals surface area contributed by atoms with Crippen LogP contribution in [-0.2, 0) is 26.0 Å². The Balaban J connectivity index is 1.55. The molecule has 0 unspecified atom stereocenters. The fraction of sp³-hybridized carbons (Fsp3) is 0.533. The molecule has 1 saturated heterocycles. The Morgan fingerprint density at radius 1 is 1.29 bits per heavy atom. The molecule has 1 amide bonds. The van der Waals surface area contributed by atoms with Crippen LogP contribution >= 0.6 is 0 Å². The highest BCUT2D eigenvalue weighted by Crippen LogP contribution is 2.18. The summed E-state index contributed by atoms with van der Waals surface area (Å²) in [5.41, 5.74) is 1.12. The number of carbonyl (C=O) groups is 1. The summed E-state index contributed by atoms with van der Waals surface area (Å²) in [6, 6.07) is 9.90. The molecule has 6 heteroatoms. The van der Waals surface area contributed by atoms with Gasteiger partial charge in [-0.15, -0.1) is 0 Å². The average Bonchev–Trinajstić information content (AvgIpc) is 2.84. The van der Waals surface area contributed by atoms with Gasteiger partial charge in [0.2, 0.25) is 5.91 Å². The molecule has 1 atom stereocenters. The molecule has 1 aromatic carbocycles. The van der Waals surface area contributed by atoms with Gasteiger partial charge in [0, 0.05) is 13.2 Å². The summed E-state index contributed by atoms with van der Waals surface area (Å²) in [5, 5.41) is 2.78. The number of rotatable bonds is 7. The monoisotopic (exact) mass is 311 g/mol. The van der Waals surface area contributed by atoms with E-state index < -0.39 is 9.84 Å². The summed E-state index contributed by atoms with van der Waals surface area (Å²) in [6.07, 6.45) is 1.16. The first-order valence-electron chi connectivity index (χ1n) is 7.17. The molecule has 1 N–H and O–H groups in total. The first-order chi connectivity index (χ1) is 10.1. The van der Waals surface area contributed by atoms with Crippen LogP contribution in [0.25, 0.3) is 0 Å². The Hall–Kier alpha value is -1.40. The Bertz CT molecular complexity index is 556. The van der Waals surface area contributed by atoms with Crippen LogP contribution in [0.2, 0.25) is 0 Å². The second-order valence-electron chi connectivity index (χ2n) is 5.28. The molecule has 5 nitrogen and oxygen atoms in total. The number of nitrogens with one attached hydrogen (secondary N) is 1. The van der Waals surface area contributed by atoms with Crippen LogP contribution in [-0.4, -0.2) is 39.0 Å². The van der Waals surface area contributed by atoms with Crippen molar-refractivity contribution in [3.63, 3.8) is 0 Å². The zero-order valence-corrected chi connectivity index (χ0v) is 12.8. The molecule has 0 bridgehead atoms. The summed E-state index contributed by atoms with van der Waals surface area (Å²) in [4.78, 5) is 11.8. The molecule has 1 heterocycles. The molecule has 116 valence electrons. The second kappa shape index (κ2) is 7.56. The Labute approximate surface area is 125 Å². The van der Waals surface area contributed by atoms with E-state index in [1.54, 1.807) is 0 Å². The molecule has 0 radical (unpaired) electrons. The maximum absolute atomic E-state index is 11.8. The van der Waals surface area contributed by atoms with Gasteiger partial charge in [-0.1, -0.05) is 30.3 Å². The van der Waals surface area contributed by atoms with Crippen molar-refractivity contribution >= 4 is 15.7 Å². The van der Waals surface area contributed by atoms with Crippen molar-refractivity contribution in [2.45, 2.75) is 19.4 Å². The van der Waals surface area contributed by atoms with Gasteiger partial charge in [-0.05, 0) is 18.4 Å². The number of sulfone groups is 1. The number of hydrogen-bond acceptors (Lipinski definition) is 4. The highest BCUT2D eigenvalue weighted by Gasteiger charge is 2.32. The van der Waals surface area contributed by atoms with Crippen LogP contribution in [0.4, 0.5) is 0 Å². The lowest BCUT2D eigenvalue weighted by Crippen LogP contribution is -2.32. The molecule has 0 aromatic heterocycles. The van der Waals surface area contributed by atoms with Crippen LogP contribution in [0, 0.1) is 5.92 Å². The average molecular weight is 311 g/mol. The van der Waals surface area contributed by atoms with E-state index in [0.717, 1.165) is 12.0 Å². The largest absolute Gasteiger partial charge is 0.377 e. The third-order valence-electron chi connectivity index (χ3n) is 3.48. The summed E-state index contributed by atoms with van der Waals surface area (Å²) < 4.78 is 28.1. The van der Waals surface area contributed by atoms with E-state index in [-0.39, 0.29) is 23.3 Å². The van der Waals surface area contributed by atoms with Gasteiger partial charge in [0.1, 0.15) is 0 Å². The number of ether oxygens (including phenoxy) is 1. The van der Waals surface area contributed by atoms with Gasteiger partial charge in [0.25, 0.3) is 0 Å². The molecule has 1 aliphatic rings. The van der Waals surface area contributed by atoms with Gasteiger partial charge in [0.15, 0.2) is 9.84 Å². The first kappa shape index (κ1) is 16.0. The van der Waals surface area contributed by atoms with Gasteiger partial charge in [-0.3, -0.25) is 4.79 Å². The SMILES string of the molecule is O=C(NCCCOCc1ccccc1)[C@@H]1CCS(=O)(=O)C1. The predicted molar refractivity (Wildman–Crippen MR) is 80.5 cm³/mol. The fourth-order valence-electron chi connectivity index (χ4n) is 2.30. The number of carbonyl (C=O) groups excluding carboxylic acids is 1. The molecular weight excluding hydrogens is 290 g/mol. The highest BCUT2D eigenvalue weighted by molar-refractivity contribution is 7.91. The number of amides is 1. The third-order valence-corrected chi connectivity index (χ3v) is 5.25. The Morgan fingerprint density at radius 2 is 2.05 bits per heavy atom. The van der Waals surface area contributed by atoms with Crippen molar-refractivity contribution < 1.29 is 17.9 Å². The number of benzene rings is 1. The van der Waals surface area contributed by atoms with Crippen molar-refractivity contribution in [2.24, 2.45) is 5.92 Å². The predicted octanol–water partition coefficient (Wildman–Crippen LogP) is 1.14. The first-order valence-corrected chi connectivity index (χ1v) is 8.99. The minimum absolute atomic E-state index is 0.0106. The number of hydrogen-bond donors (Lipinski definition) is 1. The van der Waals surface area contributed by atoms with Crippen LogP contribution in [0.15, 0.2) is 30.3 Å². The van der Waals surface area contributed by atoms with E-state index in [0.29, 0.717) is 26.2 Å².